The summed E-state index contributed by atoms with van der Waals surface area (Å²) in [6.07, 6.45) is 24.7. The molecule has 1 fully saturated rings. The van der Waals surface area contributed by atoms with Crippen LogP contribution in [-0.2, 0) is 10.8 Å². The fourth-order valence-electron chi connectivity index (χ4n) is 6.02. The number of rotatable bonds is 7. The first-order valence-electron chi connectivity index (χ1n) is 17.8. The lowest BCUT2D eigenvalue weighted by Gasteiger charge is -2.42. The van der Waals surface area contributed by atoms with Crippen molar-refractivity contribution in [3.8, 4) is 0 Å². The van der Waals surface area contributed by atoms with Crippen molar-refractivity contribution in [2.45, 2.75) is 172 Å². The Labute approximate surface area is 265 Å². The molecule has 2 aliphatic carbocycles. The predicted molar refractivity (Wildman–Crippen MR) is 196 cm³/mol. The van der Waals surface area contributed by atoms with Gasteiger partial charge in [0.15, 0.2) is 0 Å². The van der Waals surface area contributed by atoms with E-state index in [2.05, 4.69) is 118 Å². The van der Waals surface area contributed by atoms with E-state index in [0.29, 0.717) is 0 Å². The first kappa shape index (κ1) is 40.2. The molecule has 1 aromatic carbocycles. The van der Waals surface area contributed by atoms with Crippen LogP contribution in [0.1, 0.15) is 178 Å². The summed E-state index contributed by atoms with van der Waals surface area (Å²) < 4.78 is 0. The van der Waals surface area contributed by atoms with Crippen LogP contribution in [-0.4, -0.2) is 0 Å². The Morgan fingerprint density at radius 1 is 0.929 bits per heavy atom. The Hall–Kier alpha value is -1.82. The molecular formula is C42H72. The third-order valence-electron chi connectivity index (χ3n) is 9.20. The zero-order valence-corrected chi connectivity index (χ0v) is 30.8. The molecule has 0 spiro atoms. The van der Waals surface area contributed by atoms with Gasteiger partial charge in [0, 0.05) is 0 Å². The van der Waals surface area contributed by atoms with E-state index < -0.39 is 0 Å². The standard InChI is InChI=1S/C31H44.C7H16.2C2H6/c1-8-26(14-10-12-24(3)21-25-13-9-11-23(2)15-16-25)27-17-18-28-29(22-27)31(6,7)20-19-30(28,4)5;1-4-6-7(3)5-2;2*1-2/h8,10,12,14,17-18,21-23H,9,11,13,15-16,19-20H2,1-7H3;7H,4-6H2,1-3H3;2*1-2H3/b14-10-,24-12+,25-21-,26-8-;;;/t;7-;;/m.0../s1. The molecule has 1 aromatic rings. The molecule has 42 heavy (non-hydrogen) atoms. The van der Waals surface area contributed by atoms with Crippen molar-refractivity contribution >= 4 is 5.57 Å². The molecule has 2 atom stereocenters. The van der Waals surface area contributed by atoms with Crippen LogP contribution in [0.3, 0.4) is 0 Å². The van der Waals surface area contributed by atoms with Crippen molar-refractivity contribution in [1.29, 1.82) is 0 Å². The highest BCUT2D eigenvalue weighted by atomic mass is 14.4. The van der Waals surface area contributed by atoms with Gasteiger partial charge in [-0.1, -0.05) is 168 Å². The van der Waals surface area contributed by atoms with Crippen LogP contribution in [0.15, 0.2) is 59.7 Å². The number of hydrogen-bond donors (Lipinski definition) is 0. The van der Waals surface area contributed by atoms with E-state index in [9.17, 15) is 0 Å². The lowest BCUT2D eigenvalue weighted by Crippen LogP contribution is -2.33. The van der Waals surface area contributed by atoms with Gasteiger partial charge in [-0.05, 0) is 97.3 Å². The minimum absolute atomic E-state index is 0.252. The van der Waals surface area contributed by atoms with Crippen LogP contribution < -0.4 is 0 Å². The van der Waals surface area contributed by atoms with Crippen molar-refractivity contribution in [2.75, 3.05) is 0 Å². The van der Waals surface area contributed by atoms with Crippen LogP contribution in [0, 0.1) is 11.8 Å². The molecule has 0 aromatic heterocycles. The second-order valence-corrected chi connectivity index (χ2v) is 13.7. The van der Waals surface area contributed by atoms with Crippen molar-refractivity contribution in [3.63, 3.8) is 0 Å². The maximum absolute atomic E-state index is 2.46. The second-order valence-electron chi connectivity index (χ2n) is 13.7. The fraction of sp³-hybridized carbons (Fsp3) is 0.667. The quantitative estimate of drug-likeness (QED) is 0.224. The molecule has 0 nitrogen and oxygen atoms in total. The highest BCUT2D eigenvalue weighted by Crippen LogP contribution is 2.46. The highest BCUT2D eigenvalue weighted by Gasteiger charge is 2.36. The number of fused-ring (bicyclic) bond motifs is 1. The maximum Gasteiger partial charge on any atom is -0.0100 e. The van der Waals surface area contributed by atoms with Crippen LogP contribution in [0.5, 0.6) is 0 Å². The third-order valence-corrected chi connectivity index (χ3v) is 9.20. The molecule has 0 amide bonds. The lowest BCUT2D eigenvalue weighted by molar-refractivity contribution is 0.332. The molecule has 0 radical (unpaired) electrons. The monoisotopic (exact) mass is 577 g/mol. The predicted octanol–water partition coefficient (Wildman–Crippen LogP) is 14.4. The second kappa shape index (κ2) is 21.0. The lowest BCUT2D eigenvalue weighted by atomic mass is 9.63. The largest absolute Gasteiger partial charge is 0.0798 e. The smallest absolute Gasteiger partial charge is 0.0100 e. The van der Waals surface area contributed by atoms with Crippen LogP contribution in [0.4, 0.5) is 0 Å². The van der Waals surface area contributed by atoms with E-state index in [4.69, 9.17) is 0 Å². The van der Waals surface area contributed by atoms with Gasteiger partial charge in [-0.3, -0.25) is 0 Å². The van der Waals surface area contributed by atoms with Gasteiger partial charge < -0.3 is 0 Å². The van der Waals surface area contributed by atoms with Gasteiger partial charge in [-0.2, -0.15) is 0 Å². The molecule has 2 aliphatic rings. The summed E-state index contributed by atoms with van der Waals surface area (Å²) in [4.78, 5) is 0. The molecule has 3 rings (SSSR count). The zero-order valence-electron chi connectivity index (χ0n) is 30.8. The molecule has 1 unspecified atom stereocenters. The number of allylic oxidation sites excluding steroid dienone is 8. The average molecular weight is 577 g/mol. The van der Waals surface area contributed by atoms with Crippen LogP contribution in [0.25, 0.3) is 5.57 Å². The Bertz CT molecular complexity index is 991. The summed E-state index contributed by atoms with van der Waals surface area (Å²) in [7, 11) is 0. The first-order valence-corrected chi connectivity index (χ1v) is 17.8. The molecule has 0 N–H and O–H groups in total. The van der Waals surface area contributed by atoms with Gasteiger partial charge in [-0.15, -0.1) is 0 Å². The molecule has 0 aliphatic heterocycles. The van der Waals surface area contributed by atoms with Gasteiger partial charge in [0.25, 0.3) is 0 Å². The average Bonchev–Trinajstić information content (AvgIpc) is 3.19. The molecule has 240 valence electrons. The fourth-order valence-corrected chi connectivity index (χ4v) is 6.02. The molecule has 0 heterocycles. The Morgan fingerprint density at radius 3 is 2.10 bits per heavy atom. The minimum Gasteiger partial charge on any atom is -0.0798 e. The molecule has 0 saturated heterocycles. The van der Waals surface area contributed by atoms with E-state index >= 15 is 0 Å². The Kier molecular flexibility index (Phi) is 20.1. The minimum atomic E-state index is 0.252. The summed E-state index contributed by atoms with van der Waals surface area (Å²) in [6.45, 7) is 31.2. The third kappa shape index (κ3) is 13.7. The van der Waals surface area contributed by atoms with Crippen molar-refractivity contribution in [1.82, 2.24) is 0 Å². The summed E-state index contributed by atoms with van der Waals surface area (Å²) in [5.74, 6) is 1.84. The first-order chi connectivity index (χ1) is 19.9. The van der Waals surface area contributed by atoms with E-state index in [1.807, 2.05) is 27.7 Å². The van der Waals surface area contributed by atoms with Gasteiger partial charge in [0.1, 0.15) is 0 Å². The molecule has 0 bridgehead atoms. The summed E-state index contributed by atoms with van der Waals surface area (Å²) in [6, 6.07) is 7.18. The molecule has 1 saturated carbocycles. The van der Waals surface area contributed by atoms with E-state index in [-0.39, 0.29) is 10.8 Å². The summed E-state index contributed by atoms with van der Waals surface area (Å²) in [5, 5.41) is 0. The van der Waals surface area contributed by atoms with Crippen molar-refractivity contribution in [3.05, 3.63) is 76.4 Å². The normalized spacial score (nSPS) is 21.5. The molecule has 0 heteroatoms. The zero-order chi connectivity index (χ0) is 32.3. The number of hydrogen-bond acceptors (Lipinski definition) is 0. The van der Waals surface area contributed by atoms with E-state index in [0.717, 1.165) is 11.8 Å². The van der Waals surface area contributed by atoms with E-state index in [1.54, 1.807) is 5.57 Å². The van der Waals surface area contributed by atoms with E-state index in [1.165, 1.54) is 92.0 Å². The summed E-state index contributed by atoms with van der Waals surface area (Å²) >= 11 is 0. The Morgan fingerprint density at radius 2 is 1.55 bits per heavy atom. The van der Waals surface area contributed by atoms with Crippen molar-refractivity contribution < 1.29 is 0 Å². The SMILES string of the molecule is C/C=C(/C=C\C=C(C)\C=C1\CCCC(C)CC1)c1ccc2c(c1)C(C)(C)CCC2(C)C.CC.CC.CCC[C@@H](C)CC. The summed E-state index contributed by atoms with van der Waals surface area (Å²) in [5.41, 5.74) is 9.25. The van der Waals surface area contributed by atoms with Crippen LogP contribution >= 0.6 is 0 Å². The topological polar surface area (TPSA) is 0 Å². The maximum atomic E-state index is 2.46. The molecular weight excluding hydrogens is 504 g/mol. The van der Waals surface area contributed by atoms with Gasteiger partial charge in [0.05, 0.1) is 0 Å². The Balaban J connectivity index is 0.00000132. The van der Waals surface area contributed by atoms with Gasteiger partial charge in [0.2, 0.25) is 0 Å². The van der Waals surface area contributed by atoms with Crippen molar-refractivity contribution in [2.24, 2.45) is 11.8 Å². The van der Waals surface area contributed by atoms with Crippen LogP contribution in [0.2, 0.25) is 0 Å². The van der Waals surface area contributed by atoms with Gasteiger partial charge in [-0.25, -0.2) is 0 Å². The number of benzene rings is 1. The van der Waals surface area contributed by atoms with Gasteiger partial charge >= 0.3 is 0 Å². The highest BCUT2D eigenvalue weighted by molar-refractivity contribution is 5.75.